The lowest BCUT2D eigenvalue weighted by molar-refractivity contribution is -0.118. The third-order valence-electron chi connectivity index (χ3n) is 3.23. The van der Waals surface area contributed by atoms with E-state index in [1.54, 1.807) is 0 Å². The lowest BCUT2D eigenvalue weighted by atomic mass is 10.1. The molecule has 4 heteroatoms. The number of anilines is 1. The first kappa shape index (κ1) is 16.6. The Morgan fingerprint density at radius 1 is 1.00 bits per heavy atom. The molecule has 0 aliphatic rings. The Morgan fingerprint density at radius 3 is 2.18 bits per heavy atom. The smallest absolute Gasteiger partial charge is 0.262 e. The van der Waals surface area contributed by atoms with E-state index in [0.717, 1.165) is 32.4 Å². The number of carbonyl (C=O) groups is 1. The number of hydrogen-bond donors (Lipinski definition) is 1. The van der Waals surface area contributed by atoms with Crippen molar-refractivity contribution in [1.82, 2.24) is 0 Å². The van der Waals surface area contributed by atoms with E-state index in [1.807, 2.05) is 52.0 Å². The zero-order chi connectivity index (χ0) is 16.3. The molecule has 1 N–H and O–H groups in total. The first-order valence-electron chi connectivity index (χ1n) is 7.13. The Bertz CT molecular complexity index is 667. The second-order valence-corrected chi connectivity index (χ2v) is 6.46. The van der Waals surface area contributed by atoms with Gasteiger partial charge in [-0.15, -0.1) is 0 Å². The van der Waals surface area contributed by atoms with E-state index < -0.39 is 0 Å². The van der Waals surface area contributed by atoms with Gasteiger partial charge in [0, 0.05) is 5.69 Å². The van der Waals surface area contributed by atoms with E-state index in [-0.39, 0.29) is 12.5 Å². The molecule has 116 valence electrons. The topological polar surface area (TPSA) is 38.3 Å². The summed E-state index contributed by atoms with van der Waals surface area (Å²) in [6.45, 7) is 7.98. The molecule has 0 aliphatic heterocycles. The van der Waals surface area contributed by atoms with Crippen LogP contribution in [0.4, 0.5) is 5.69 Å². The van der Waals surface area contributed by atoms with Gasteiger partial charge in [0.15, 0.2) is 6.61 Å². The fraction of sp³-hybridized carbons (Fsp3) is 0.278. The average molecular weight is 362 g/mol. The molecule has 0 aromatic heterocycles. The van der Waals surface area contributed by atoms with Crippen molar-refractivity contribution in [2.24, 2.45) is 0 Å². The molecule has 1 amide bonds. The van der Waals surface area contributed by atoms with Crippen LogP contribution >= 0.6 is 15.9 Å². The van der Waals surface area contributed by atoms with Crippen molar-refractivity contribution >= 4 is 27.5 Å². The second-order valence-electron chi connectivity index (χ2n) is 5.61. The maximum atomic E-state index is 12.0. The number of nitrogens with one attached hydrogen (secondary N) is 1. The van der Waals surface area contributed by atoms with Gasteiger partial charge in [-0.25, -0.2) is 0 Å². The number of carbonyl (C=O) groups excluding carboxylic acids is 1. The molecule has 0 unspecified atom stereocenters. The summed E-state index contributed by atoms with van der Waals surface area (Å²) in [5.41, 5.74) is 5.19. The summed E-state index contributed by atoms with van der Waals surface area (Å²) in [7, 11) is 0. The molecule has 2 aromatic rings. The Hall–Kier alpha value is -1.81. The largest absolute Gasteiger partial charge is 0.482 e. The van der Waals surface area contributed by atoms with Crippen LogP contribution in [0.25, 0.3) is 0 Å². The van der Waals surface area contributed by atoms with Crippen molar-refractivity contribution in [2.45, 2.75) is 27.7 Å². The predicted octanol–water partition coefficient (Wildman–Crippen LogP) is 4.70. The van der Waals surface area contributed by atoms with E-state index >= 15 is 0 Å². The highest BCUT2D eigenvalue weighted by molar-refractivity contribution is 9.10. The monoisotopic (exact) mass is 361 g/mol. The molecule has 0 saturated carbocycles. The number of rotatable bonds is 4. The van der Waals surface area contributed by atoms with E-state index in [4.69, 9.17) is 4.74 Å². The van der Waals surface area contributed by atoms with Crippen LogP contribution in [0.3, 0.4) is 0 Å². The molecule has 0 aliphatic carbocycles. The molecule has 2 aromatic carbocycles. The molecule has 0 heterocycles. The maximum absolute atomic E-state index is 12.0. The first-order chi connectivity index (χ1) is 10.3. The van der Waals surface area contributed by atoms with Gasteiger partial charge in [-0.3, -0.25) is 4.79 Å². The summed E-state index contributed by atoms with van der Waals surface area (Å²) >= 11 is 3.48. The van der Waals surface area contributed by atoms with Gasteiger partial charge in [-0.2, -0.15) is 0 Å². The minimum Gasteiger partial charge on any atom is -0.482 e. The van der Waals surface area contributed by atoms with Crippen molar-refractivity contribution in [3.63, 3.8) is 0 Å². The fourth-order valence-corrected chi connectivity index (χ4v) is 3.26. The highest BCUT2D eigenvalue weighted by atomic mass is 79.9. The van der Waals surface area contributed by atoms with Crippen molar-refractivity contribution in [2.75, 3.05) is 11.9 Å². The van der Waals surface area contributed by atoms with Crippen LogP contribution in [-0.4, -0.2) is 12.5 Å². The molecular formula is C18H20BrNO2. The summed E-state index contributed by atoms with van der Waals surface area (Å²) < 4.78 is 6.52. The summed E-state index contributed by atoms with van der Waals surface area (Å²) in [6.07, 6.45) is 0. The predicted molar refractivity (Wildman–Crippen MR) is 93.7 cm³/mol. The van der Waals surface area contributed by atoms with Gasteiger partial charge in [-0.1, -0.05) is 12.1 Å². The summed E-state index contributed by atoms with van der Waals surface area (Å²) in [6, 6.07) is 9.96. The minimum atomic E-state index is -0.170. The highest BCUT2D eigenvalue weighted by Crippen LogP contribution is 2.30. The maximum Gasteiger partial charge on any atom is 0.262 e. The third-order valence-corrected chi connectivity index (χ3v) is 3.82. The summed E-state index contributed by atoms with van der Waals surface area (Å²) in [5.74, 6) is 0.540. The quantitative estimate of drug-likeness (QED) is 0.856. The number of hydrogen-bond acceptors (Lipinski definition) is 2. The van der Waals surface area contributed by atoms with Gasteiger partial charge >= 0.3 is 0 Å². The minimum absolute atomic E-state index is 0.0184. The van der Waals surface area contributed by atoms with Gasteiger partial charge in [-0.05, 0) is 84.1 Å². The van der Waals surface area contributed by atoms with Crippen molar-refractivity contribution in [3.05, 3.63) is 57.1 Å². The molecule has 22 heavy (non-hydrogen) atoms. The van der Waals surface area contributed by atoms with Crippen LogP contribution in [0, 0.1) is 27.7 Å². The van der Waals surface area contributed by atoms with E-state index in [0.29, 0.717) is 5.75 Å². The van der Waals surface area contributed by atoms with Gasteiger partial charge in [0.1, 0.15) is 5.75 Å². The zero-order valence-corrected chi connectivity index (χ0v) is 14.9. The summed E-state index contributed by atoms with van der Waals surface area (Å²) in [4.78, 5) is 12.0. The number of halogens is 1. The molecule has 0 saturated heterocycles. The molecule has 0 spiro atoms. The fourth-order valence-electron chi connectivity index (χ4n) is 2.47. The molecular weight excluding hydrogens is 342 g/mol. The van der Waals surface area contributed by atoms with Crippen LogP contribution in [0.15, 0.2) is 34.8 Å². The molecule has 2 rings (SSSR count). The second kappa shape index (κ2) is 6.97. The lowest BCUT2D eigenvalue weighted by Crippen LogP contribution is -2.20. The van der Waals surface area contributed by atoms with Gasteiger partial charge in [0.05, 0.1) is 4.47 Å². The SMILES string of the molecule is Cc1cc(C)cc(NC(=O)COc2c(C)cc(C)cc2Br)c1. The lowest BCUT2D eigenvalue weighted by Gasteiger charge is -2.12. The number of ether oxygens (including phenoxy) is 1. The Morgan fingerprint density at radius 2 is 1.59 bits per heavy atom. The van der Waals surface area contributed by atoms with E-state index in [2.05, 4.69) is 27.3 Å². The normalized spacial score (nSPS) is 10.4. The third kappa shape index (κ3) is 4.34. The Balaban J connectivity index is 2.01. The molecule has 0 radical (unpaired) electrons. The van der Waals surface area contributed by atoms with Crippen LogP contribution in [-0.2, 0) is 4.79 Å². The zero-order valence-electron chi connectivity index (χ0n) is 13.3. The molecule has 3 nitrogen and oxygen atoms in total. The Labute approximate surface area is 139 Å². The van der Waals surface area contributed by atoms with E-state index in [1.165, 1.54) is 0 Å². The number of amides is 1. The average Bonchev–Trinajstić information content (AvgIpc) is 2.35. The molecule has 0 atom stereocenters. The highest BCUT2D eigenvalue weighted by Gasteiger charge is 2.10. The Kier molecular flexibility index (Phi) is 5.24. The van der Waals surface area contributed by atoms with Crippen LogP contribution < -0.4 is 10.1 Å². The van der Waals surface area contributed by atoms with Gasteiger partial charge in [0.2, 0.25) is 0 Å². The molecule has 0 fully saturated rings. The van der Waals surface area contributed by atoms with Crippen LogP contribution in [0.1, 0.15) is 22.3 Å². The van der Waals surface area contributed by atoms with Gasteiger partial charge < -0.3 is 10.1 Å². The number of aryl methyl sites for hydroxylation is 4. The van der Waals surface area contributed by atoms with Crippen molar-refractivity contribution < 1.29 is 9.53 Å². The first-order valence-corrected chi connectivity index (χ1v) is 7.92. The summed E-state index contributed by atoms with van der Waals surface area (Å²) in [5, 5.41) is 2.86. The number of benzene rings is 2. The van der Waals surface area contributed by atoms with Crippen LogP contribution in [0.2, 0.25) is 0 Å². The standard InChI is InChI=1S/C18H20BrNO2/c1-11-5-12(2)8-15(7-11)20-17(21)10-22-18-14(4)6-13(3)9-16(18)19/h5-9H,10H2,1-4H3,(H,20,21). The van der Waals surface area contributed by atoms with Crippen molar-refractivity contribution in [1.29, 1.82) is 0 Å². The van der Waals surface area contributed by atoms with Crippen molar-refractivity contribution in [3.8, 4) is 5.75 Å². The van der Waals surface area contributed by atoms with Gasteiger partial charge in [0.25, 0.3) is 5.91 Å². The van der Waals surface area contributed by atoms with E-state index in [9.17, 15) is 4.79 Å². The van der Waals surface area contributed by atoms with Crippen LogP contribution in [0.5, 0.6) is 5.75 Å². The molecule has 0 bridgehead atoms.